The van der Waals surface area contributed by atoms with Gasteiger partial charge in [0.1, 0.15) is 22.5 Å². The molecule has 6 heteroatoms. The van der Waals surface area contributed by atoms with E-state index in [0.29, 0.717) is 0 Å². The third-order valence-electron chi connectivity index (χ3n) is 4.34. The Hall–Kier alpha value is -2.05. The van der Waals surface area contributed by atoms with Gasteiger partial charge in [-0.05, 0) is 31.9 Å². The molecule has 0 aromatic carbocycles. The summed E-state index contributed by atoms with van der Waals surface area (Å²) in [6, 6.07) is 3.90. The summed E-state index contributed by atoms with van der Waals surface area (Å²) in [6.07, 6.45) is 7.51. The molecule has 6 nitrogen and oxygen atoms in total. The summed E-state index contributed by atoms with van der Waals surface area (Å²) in [5.41, 5.74) is 6.46. The second-order valence-corrected chi connectivity index (χ2v) is 6.31. The largest absolute Gasteiger partial charge is 0.305 e. The van der Waals surface area contributed by atoms with E-state index in [2.05, 4.69) is 40.8 Å². The molecule has 1 unspecified atom stereocenters. The summed E-state index contributed by atoms with van der Waals surface area (Å²) < 4.78 is 2.26. The van der Waals surface area contributed by atoms with Gasteiger partial charge in [0.15, 0.2) is 0 Å². The molecule has 0 saturated carbocycles. The van der Waals surface area contributed by atoms with Gasteiger partial charge in [0.2, 0.25) is 0 Å². The first-order valence-electron chi connectivity index (χ1n) is 8.56. The van der Waals surface area contributed by atoms with Crippen molar-refractivity contribution in [2.45, 2.75) is 52.1 Å². The van der Waals surface area contributed by atoms with E-state index in [1.54, 1.807) is 13.3 Å². The highest BCUT2D eigenvalue weighted by atomic mass is 16.6. The lowest BCUT2D eigenvalue weighted by molar-refractivity contribution is -0.0215. The number of imidazole rings is 1. The minimum Gasteiger partial charge on any atom is -0.305 e. The maximum atomic E-state index is 5.34. The molecule has 128 valence electrons. The van der Waals surface area contributed by atoms with Gasteiger partial charge in [-0.15, -0.1) is 0 Å². The number of pyridine rings is 2. The molecule has 0 fully saturated rings. The van der Waals surface area contributed by atoms with Crippen molar-refractivity contribution in [1.82, 2.24) is 25.0 Å². The Morgan fingerprint density at radius 3 is 2.75 bits per heavy atom. The first-order valence-corrected chi connectivity index (χ1v) is 8.56. The van der Waals surface area contributed by atoms with Gasteiger partial charge in [-0.1, -0.05) is 20.3 Å². The Morgan fingerprint density at radius 1 is 1.21 bits per heavy atom. The molecule has 0 spiro atoms. The lowest BCUT2D eigenvalue weighted by Gasteiger charge is -2.33. The molecule has 1 atom stereocenters. The average Bonchev–Trinajstić information content (AvgIpc) is 2.95. The van der Waals surface area contributed by atoms with Gasteiger partial charge in [0.05, 0.1) is 24.3 Å². The highest BCUT2D eigenvalue weighted by molar-refractivity contribution is 5.99. The van der Waals surface area contributed by atoms with E-state index in [9.17, 15) is 0 Å². The number of aromatic nitrogens is 4. The molecule has 0 saturated heterocycles. The molecule has 0 amide bonds. The fraction of sp³-hybridized carbons (Fsp3) is 0.500. The number of hydrogen-bond donors (Lipinski definition) is 1. The van der Waals surface area contributed by atoms with Crippen LogP contribution in [0.5, 0.6) is 0 Å². The minimum atomic E-state index is -0.394. The molecule has 0 aliphatic heterocycles. The standard InChI is InChI=1S/C18H25N5O/c1-5-8-15-21-14-12-20-13-9-7-11-19-16(13)17(14)23(15)18(3,10-6-2)22-24-4/h7,9,11-12,22H,5-6,8,10H2,1-4H3. The van der Waals surface area contributed by atoms with E-state index in [1.807, 2.05) is 18.3 Å². The normalized spacial score (nSPS) is 14.3. The maximum Gasteiger partial charge on any atom is 0.116 e. The van der Waals surface area contributed by atoms with Gasteiger partial charge >= 0.3 is 0 Å². The number of nitrogens with one attached hydrogen (secondary N) is 1. The van der Waals surface area contributed by atoms with Gasteiger partial charge in [0, 0.05) is 12.6 Å². The quantitative estimate of drug-likeness (QED) is 0.672. The van der Waals surface area contributed by atoms with E-state index < -0.39 is 5.66 Å². The Morgan fingerprint density at radius 2 is 2.04 bits per heavy atom. The van der Waals surface area contributed by atoms with Crippen molar-refractivity contribution in [1.29, 1.82) is 0 Å². The van der Waals surface area contributed by atoms with Gasteiger partial charge < -0.3 is 9.40 Å². The zero-order valence-electron chi connectivity index (χ0n) is 14.8. The van der Waals surface area contributed by atoms with Crippen LogP contribution in [0.4, 0.5) is 0 Å². The van der Waals surface area contributed by atoms with Crippen molar-refractivity contribution in [2.75, 3.05) is 7.11 Å². The fourth-order valence-electron chi connectivity index (χ4n) is 3.46. The molecule has 3 aromatic heterocycles. The Bertz CT molecular complexity index is 836. The molecular formula is C18H25N5O. The zero-order chi connectivity index (χ0) is 17.2. The van der Waals surface area contributed by atoms with Gasteiger partial charge in [-0.3, -0.25) is 9.97 Å². The van der Waals surface area contributed by atoms with Crippen LogP contribution in [0, 0.1) is 0 Å². The van der Waals surface area contributed by atoms with Crippen LogP contribution in [-0.4, -0.2) is 26.6 Å². The van der Waals surface area contributed by atoms with Gasteiger partial charge in [0.25, 0.3) is 0 Å². The van der Waals surface area contributed by atoms with E-state index >= 15 is 0 Å². The number of nitrogens with zero attached hydrogens (tertiary/aromatic N) is 4. The molecule has 24 heavy (non-hydrogen) atoms. The molecule has 0 aliphatic rings. The molecule has 3 aromatic rings. The van der Waals surface area contributed by atoms with Crippen molar-refractivity contribution in [3.05, 3.63) is 30.4 Å². The molecule has 0 aliphatic carbocycles. The summed E-state index contributed by atoms with van der Waals surface area (Å²) in [4.78, 5) is 19.3. The van der Waals surface area contributed by atoms with Crippen LogP contribution < -0.4 is 5.48 Å². The SMILES string of the molecule is CCCc1nc2cnc3cccnc3c2n1C(C)(CCC)NOC. The van der Waals surface area contributed by atoms with Crippen molar-refractivity contribution in [2.24, 2.45) is 0 Å². The van der Waals surface area contributed by atoms with Crippen LogP contribution in [-0.2, 0) is 16.9 Å². The predicted molar refractivity (Wildman–Crippen MR) is 95.5 cm³/mol. The van der Waals surface area contributed by atoms with Gasteiger partial charge in [-0.2, -0.15) is 5.48 Å². The zero-order valence-corrected chi connectivity index (χ0v) is 14.8. The minimum absolute atomic E-state index is 0.394. The number of aryl methyl sites for hydroxylation is 1. The summed E-state index contributed by atoms with van der Waals surface area (Å²) in [7, 11) is 1.66. The Labute approximate surface area is 142 Å². The molecular weight excluding hydrogens is 302 g/mol. The maximum absolute atomic E-state index is 5.34. The third-order valence-corrected chi connectivity index (χ3v) is 4.34. The molecule has 1 N–H and O–H groups in total. The first kappa shape index (κ1) is 16.8. The van der Waals surface area contributed by atoms with Crippen LogP contribution in [0.15, 0.2) is 24.5 Å². The van der Waals surface area contributed by atoms with E-state index in [-0.39, 0.29) is 0 Å². The van der Waals surface area contributed by atoms with E-state index in [0.717, 1.165) is 53.6 Å². The van der Waals surface area contributed by atoms with Crippen molar-refractivity contribution >= 4 is 22.1 Å². The molecule has 3 rings (SSSR count). The summed E-state index contributed by atoms with van der Waals surface area (Å²) >= 11 is 0. The monoisotopic (exact) mass is 327 g/mol. The van der Waals surface area contributed by atoms with Crippen molar-refractivity contribution in [3.63, 3.8) is 0 Å². The smallest absolute Gasteiger partial charge is 0.116 e. The van der Waals surface area contributed by atoms with E-state index in [1.165, 1.54) is 0 Å². The average molecular weight is 327 g/mol. The second kappa shape index (κ2) is 6.83. The van der Waals surface area contributed by atoms with Crippen LogP contribution in [0.25, 0.3) is 22.1 Å². The second-order valence-electron chi connectivity index (χ2n) is 6.31. The third kappa shape index (κ3) is 2.76. The number of hydroxylamine groups is 1. The number of rotatable bonds is 7. The van der Waals surface area contributed by atoms with Crippen molar-refractivity contribution in [3.8, 4) is 0 Å². The highest BCUT2D eigenvalue weighted by Crippen LogP contribution is 2.31. The highest BCUT2D eigenvalue weighted by Gasteiger charge is 2.31. The van der Waals surface area contributed by atoms with Crippen LogP contribution in [0.2, 0.25) is 0 Å². The topological polar surface area (TPSA) is 64.9 Å². The molecule has 0 radical (unpaired) electrons. The van der Waals surface area contributed by atoms with Crippen LogP contribution in [0.1, 0.15) is 45.9 Å². The number of hydrogen-bond acceptors (Lipinski definition) is 5. The van der Waals surface area contributed by atoms with Gasteiger partial charge in [-0.25, -0.2) is 4.98 Å². The summed E-state index contributed by atoms with van der Waals surface area (Å²) in [6.45, 7) is 6.49. The molecule has 3 heterocycles. The number of fused-ring (bicyclic) bond motifs is 3. The Balaban J connectivity index is 2.37. The summed E-state index contributed by atoms with van der Waals surface area (Å²) in [5, 5.41) is 0. The van der Waals surface area contributed by atoms with Crippen LogP contribution >= 0.6 is 0 Å². The predicted octanol–water partition coefficient (Wildman–Crippen LogP) is 3.56. The van der Waals surface area contributed by atoms with Crippen molar-refractivity contribution < 1.29 is 4.84 Å². The molecule has 0 bridgehead atoms. The lowest BCUT2D eigenvalue weighted by Crippen LogP contribution is -2.45. The fourth-order valence-corrected chi connectivity index (χ4v) is 3.46. The first-order chi connectivity index (χ1) is 11.6. The summed E-state index contributed by atoms with van der Waals surface area (Å²) in [5.74, 6) is 1.04. The lowest BCUT2D eigenvalue weighted by atomic mass is 10.1. The van der Waals surface area contributed by atoms with Crippen LogP contribution in [0.3, 0.4) is 0 Å². The van der Waals surface area contributed by atoms with E-state index in [4.69, 9.17) is 9.82 Å². The Kier molecular flexibility index (Phi) is 4.78.